The van der Waals surface area contributed by atoms with Crippen LogP contribution in [0.25, 0.3) is 0 Å². The molecule has 0 aromatic heterocycles. The van der Waals surface area contributed by atoms with E-state index in [1.54, 1.807) is 11.8 Å². The average molecular weight is 127 g/mol. The Morgan fingerprint density at radius 3 is 2.67 bits per heavy atom. The van der Waals surface area contributed by atoms with Crippen molar-refractivity contribution in [2.45, 2.75) is 0 Å². The molecule has 0 aromatic carbocycles. The summed E-state index contributed by atoms with van der Waals surface area (Å²) < 4.78 is 4.71. The van der Waals surface area contributed by atoms with Crippen LogP contribution in [0.5, 0.6) is 0 Å². The van der Waals surface area contributed by atoms with Gasteiger partial charge in [0.05, 0.1) is 5.94 Å². The summed E-state index contributed by atoms with van der Waals surface area (Å²) in [5.41, 5.74) is 0. The van der Waals surface area contributed by atoms with Gasteiger partial charge in [-0.15, -0.1) is 11.8 Å². The molecule has 3 heteroatoms. The Kier molecular flexibility index (Phi) is 6.16. The summed E-state index contributed by atoms with van der Waals surface area (Å²) in [4.78, 5) is 0. The number of thioether (sulfide) groups is 1. The molecule has 0 saturated heterocycles. The van der Waals surface area contributed by atoms with Crippen molar-refractivity contribution >= 4 is 23.4 Å². The molecule has 0 aliphatic carbocycles. The van der Waals surface area contributed by atoms with Crippen LogP contribution in [0.2, 0.25) is 0 Å². The van der Waals surface area contributed by atoms with Gasteiger partial charge in [0.1, 0.15) is 6.07 Å². The minimum absolute atomic E-state index is 0.306. The van der Waals surface area contributed by atoms with Crippen molar-refractivity contribution in [3.8, 4) is 0 Å². The number of ether oxygens (including phenoxy) is 1. The molecule has 6 heavy (non-hydrogen) atoms. The summed E-state index contributed by atoms with van der Waals surface area (Å²) in [6.07, 6.45) is 1.96. The summed E-state index contributed by atoms with van der Waals surface area (Å²) in [5.74, 6) is 0.698. The fraction of sp³-hybridized carbons (Fsp3) is 1.00. The lowest BCUT2D eigenvalue weighted by Crippen LogP contribution is -1.82. The molecule has 38 valence electrons. The van der Waals surface area contributed by atoms with Gasteiger partial charge in [0.25, 0.3) is 0 Å². The highest BCUT2D eigenvalue weighted by atomic mass is 35.5. The van der Waals surface area contributed by atoms with Crippen LogP contribution in [0.3, 0.4) is 0 Å². The highest BCUT2D eigenvalue weighted by Gasteiger charge is 1.74. The largest absolute Gasteiger partial charge is 0.355 e. The molecule has 0 fully saturated rings. The van der Waals surface area contributed by atoms with Gasteiger partial charge in [0.2, 0.25) is 0 Å². The lowest BCUT2D eigenvalue weighted by Gasteiger charge is -1.89. The number of alkyl halides is 1. The number of rotatable bonds is 3. The van der Waals surface area contributed by atoms with E-state index in [4.69, 9.17) is 16.3 Å². The van der Waals surface area contributed by atoms with Gasteiger partial charge in [-0.05, 0) is 6.26 Å². The molecule has 0 aliphatic rings. The Balaban J connectivity index is 2.34. The zero-order valence-electron chi connectivity index (χ0n) is 3.61. The first kappa shape index (κ1) is 6.60. The SMILES string of the molecule is CSCOCCl. The molecular weight excluding hydrogens is 120 g/mol. The number of halogens is 1. The molecule has 0 unspecified atom stereocenters. The van der Waals surface area contributed by atoms with Gasteiger partial charge < -0.3 is 4.74 Å². The normalized spacial score (nSPS) is 9.00. The standard InChI is InChI=1S/C3H7ClOS/c1-6-3-5-2-4/h2-3H2,1H3. The van der Waals surface area contributed by atoms with E-state index in [1.165, 1.54) is 0 Å². The summed E-state index contributed by atoms with van der Waals surface area (Å²) in [5, 5.41) is 0. The molecule has 0 bridgehead atoms. The van der Waals surface area contributed by atoms with Gasteiger partial charge in [0.15, 0.2) is 0 Å². The first-order chi connectivity index (χ1) is 2.91. The van der Waals surface area contributed by atoms with Gasteiger partial charge in [-0.3, -0.25) is 0 Å². The average Bonchev–Trinajstić information content (AvgIpc) is 1.61. The number of hydrogen-bond acceptors (Lipinski definition) is 2. The molecule has 0 atom stereocenters. The molecule has 0 N–H and O–H groups in total. The van der Waals surface area contributed by atoms with Crippen molar-refractivity contribution in [3.63, 3.8) is 0 Å². The summed E-state index contributed by atoms with van der Waals surface area (Å²) in [6.45, 7) is 0. The molecule has 0 radical (unpaired) electrons. The smallest absolute Gasteiger partial charge is 0.121 e. The molecule has 0 saturated carbocycles. The minimum Gasteiger partial charge on any atom is -0.355 e. The van der Waals surface area contributed by atoms with Gasteiger partial charge >= 0.3 is 0 Å². The van der Waals surface area contributed by atoms with E-state index < -0.39 is 0 Å². The molecule has 0 aliphatic heterocycles. The van der Waals surface area contributed by atoms with Crippen LogP contribution in [0, 0.1) is 0 Å². The fourth-order valence-electron chi connectivity index (χ4n) is 0.115. The van der Waals surface area contributed by atoms with Crippen LogP contribution in [-0.2, 0) is 4.74 Å². The second kappa shape index (κ2) is 5.60. The van der Waals surface area contributed by atoms with Gasteiger partial charge in [-0.1, -0.05) is 11.6 Å². The molecule has 0 aromatic rings. The zero-order valence-corrected chi connectivity index (χ0v) is 5.18. The van der Waals surface area contributed by atoms with E-state index in [1.807, 2.05) is 6.26 Å². The molecule has 0 amide bonds. The van der Waals surface area contributed by atoms with E-state index in [-0.39, 0.29) is 0 Å². The Bertz CT molecular complexity index is 22.8. The van der Waals surface area contributed by atoms with Gasteiger partial charge in [-0.25, -0.2) is 0 Å². The minimum atomic E-state index is 0.306. The van der Waals surface area contributed by atoms with E-state index in [0.717, 1.165) is 0 Å². The van der Waals surface area contributed by atoms with E-state index >= 15 is 0 Å². The number of hydrogen-bond donors (Lipinski definition) is 0. The van der Waals surface area contributed by atoms with Crippen molar-refractivity contribution in [1.82, 2.24) is 0 Å². The molecule has 0 heterocycles. The van der Waals surface area contributed by atoms with Crippen molar-refractivity contribution in [1.29, 1.82) is 0 Å². The molecular formula is C3H7ClOS. The van der Waals surface area contributed by atoms with Crippen molar-refractivity contribution in [2.75, 3.05) is 18.3 Å². The lowest BCUT2D eigenvalue weighted by atomic mass is 11.5. The Morgan fingerprint density at radius 2 is 2.50 bits per heavy atom. The lowest BCUT2D eigenvalue weighted by molar-refractivity contribution is 0.236. The van der Waals surface area contributed by atoms with E-state index in [2.05, 4.69) is 0 Å². The summed E-state index contributed by atoms with van der Waals surface area (Å²) >= 11 is 6.76. The molecule has 0 spiro atoms. The Morgan fingerprint density at radius 1 is 1.83 bits per heavy atom. The Hall–Kier alpha value is 0.600. The summed E-state index contributed by atoms with van der Waals surface area (Å²) in [7, 11) is 0. The van der Waals surface area contributed by atoms with Crippen molar-refractivity contribution < 1.29 is 4.74 Å². The van der Waals surface area contributed by atoms with Crippen LogP contribution in [0.15, 0.2) is 0 Å². The second-order valence-corrected chi connectivity index (χ2v) is 1.75. The fourth-order valence-corrected chi connectivity index (χ4v) is 0.533. The maximum Gasteiger partial charge on any atom is 0.121 e. The van der Waals surface area contributed by atoms with Crippen LogP contribution in [-0.4, -0.2) is 18.3 Å². The third-order valence-electron chi connectivity index (χ3n) is 0.278. The maximum absolute atomic E-state index is 5.14. The van der Waals surface area contributed by atoms with Crippen LogP contribution < -0.4 is 0 Å². The van der Waals surface area contributed by atoms with Crippen LogP contribution >= 0.6 is 23.4 Å². The van der Waals surface area contributed by atoms with E-state index in [9.17, 15) is 0 Å². The molecule has 1 nitrogen and oxygen atoms in total. The highest BCUT2D eigenvalue weighted by Crippen LogP contribution is 1.91. The predicted molar refractivity (Wildman–Crippen MR) is 30.2 cm³/mol. The first-order valence-electron chi connectivity index (χ1n) is 1.54. The monoisotopic (exact) mass is 126 g/mol. The van der Waals surface area contributed by atoms with Gasteiger partial charge in [0, 0.05) is 0 Å². The maximum atomic E-state index is 5.14. The summed E-state index contributed by atoms with van der Waals surface area (Å²) in [6, 6.07) is 0.306. The first-order valence-corrected chi connectivity index (χ1v) is 3.47. The third kappa shape index (κ3) is 4.60. The quantitative estimate of drug-likeness (QED) is 0.322. The van der Waals surface area contributed by atoms with E-state index in [0.29, 0.717) is 12.0 Å². The van der Waals surface area contributed by atoms with Crippen LogP contribution in [0.4, 0.5) is 0 Å². The van der Waals surface area contributed by atoms with Crippen molar-refractivity contribution in [3.05, 3.63) is 0 Å². The Labute approximate surface area is 47.0 Å². The topological polar surface area (TPSA) is 9.23 Å². The third-order valence-corrected chi connectivity index (χ3v) is 0.835. The van der Waals surface area contributed by atoms with Crippen LogP contribution in [0.1, 0.15) is 0 Å². The molecule has 0 rings (SSSR count). The second-order valence-electron chi connectivity index (χ2n) is 0.720. The highest BCUT2D eigenvalue weighted by molar-refractivity contribution is 7.98. The van der Waals surface area contributed by atoms with Gasteiger partial charge in [-0.2, -0.15) is 0 Å². The zero-order chi connectivity index (χ0) is 4.83. The predicted octanol–water partition coefficient (Wildman–Crippen LogP) is 1.52. The van der Waals surface area contributed by atoms with Crippen molar-refractivity contribution in [2.24, 2.45) is 0 Å².